The summed E-state index contributed by atoms with van der Waals surface area (Å²) >= 11 is 7.17. The molecule has 2 rings (SSSR count). The molecule has 0 spiro atoms. The molecule has 1 aliphatic rings. The highest BCUT2D eigenvalue weighted by atomic mass is 35.5. The summed E-state index contributed by atoms with van der Waals surface area (Å²) in [7, 11) is 0. The molecular formula is C13H18ClN3O2S. The van der Waals surface area contributed by atoms with Crippen LogP contribution in [0.25, 0.3) is 0 Å². The predicted molar refractivity (Wildman–Crippen MR) is 78.8 cm³/mol. The van der Waals surface area contributed by atoms with E-state index in [1.54, 1.807) is 0 Å². The van der Waals surface area contributed by atoms with Gasteiger partial charge in [0.05, 0.1) is 18.0 Å². The minimum Gasteiger partial charge on any atom is -0.353 e. The molecule has 1 saturated heterocycles. The summed E-state index contributed by atoms with van der Waals surface area (Å²) in [6.07, 6.45) is 1.97. The van der Waals surface area contributed by atoms with Crippen LogP contribution < -0.4 is 5.32 Å². The van der Waals surface area contributed by atoms with E-state index >= 15 is 0 Å². The summed E-state index contributed by atoms with van der Waals surface area (Å²) in [5, 5.41) is 5.60. The summed E-state index contributed by atoms with van der Waals surface area (Å²) in [4.78, 5) is 29.3. The van der Waals surface area contributed by atoms with Crippen molar-refractivity contribution in [2.45, 2.75) is 38.1 Å². The van der Waals surface area contributed by atoms with E-state index < -0.39 is 0 Å². The highest BCUT2D eigenvalue weighted by Crippen LogP contribution is 2.15. The van der Waals surface area contributed by atoms with Crippen LogP contribution in [0.3, 0.4) is 0 Å². The number of carbonyl (C=O) groups excluding carboxylic acids is 2. The topological polar surface area (TPSA) is 62.3 Å². The normalized spacial score (nSPS) is 16.2. The first-order chi connectivity index (χ1) is 9.58. The Morgan fingerprint density at radius 3 is 2.75 bits per heavy atom. The molecule has 7 heteroatoms. The lowest BCUT2D eigenvalue weighted by atomic mass is 10.0. The van der Waals surface area contributed by atoms with Gasteiger partial charge >= 0.3 is 0 Å². The fourth-order valence-electron chi connectivity index (χ4n) is 2.29. The lowest BCUT2D eigenvalue weighted by Crippen LogP contribution is -2.46. The van der Waals surface area contributed by atoms with Crippen molar-refractivity contribution in [3.63, 3.8) is 0 Å². The van der Waals surface area contributed by atoms with Gasteiger partial charge in [0.25, 0.3) is 0 Å². The van der Waals surface area contributed by atoms with Crippen molar-refractivity contribution >= 4 is 34.8 Å². The van der Waals surface area contributed by atoms with Crippen LogP contribution in [0, 0.1) is 0 Å². The van der Waals surface area contributed by atoms with Crippen molar-refractivity contribution in [2.24, 2.45) is 0 Å². The first kappa shape index (κ1) is 15.3. The van der Waals surface area contributed by atoms with Gasteiger partial charge in [-0.05, 0) is 12.8 Å². The molecule has 0 bridgehead atoms. The van der Waals surface area contributed by atoms with E-state index in [0.717, 1.165) is 23.5 Å². The van der Waals surface area contributed by atoms with E-state index in [1.807, 2.05) is 10.3 Å². The number of carbonyl (C=O) groups is 2. The fourth-order valence-corrected chi connectivity index (χ4v) is 3.31. The van der Waals surface area contributed by atoms with E-state index in [-0.39, 0.29) is 17.9 Å². The smallest absolute Gasteiger partial charge is 0.229 e. The van der Waals surface area contributed by atoms with Crippen LogP contribution >= 0.6 is 22.9 Å². The third-order valence-corrected chi connectivity index (χ3v) is 4.47. The summed E-state index contributed by atoms with van der Waals surface area (Å²) in [6, 6.07) is 0.194. The van der Waals surface area contributed by atoms with Crippen LogP contribution in [-0.4, -0.2) is 40.8 Å². The van der Waals surface area contributed by atoms with Gasteiger partial charge in [-0.15, -0.1) is 22.9 Å². The molecule has 2 heterocycles. The number of hydrogen-bond acceptors (Lipinski definition) is 4. The number of nitrogens with one attached hydrogen (secondary N) is 1. The molecule has 110 valence electrons. The van der Waals surface area contributed by atoms with Crippen molar-refractivity contribution in [2.75, 3.05) is 13.1 Å². The lowest BCUT2D eigenvalue weighted by molar-refractivity contribution is -0.131. The highest BCUT2D eigenvalue weighted by Gasteiger charge is 2.23. The minimum absolute atomic E-state index is 0.00818. The molecule has 1 aromatic rings. The number of amides is 2. The van der Waals surface area contributed by atoms with E-state index in [9.17, 15) is 9.59 Å². The van der Waals surface area contributed by atoms with Crippen molar-refractivity contribution < 1.29 is 9.59 Å². The van der Waals surface area contributed by atoms with Gasteiger partial charge in [-0.25, -0.2) is 4.98 Å². The van der Waals surface area contributed by atoms with E-state index in [0.29, 0.717) is 25.4 Å². The maximum Gasteiger partial charge on any atom is 0.229 e. The third kappa shape index (κ3) is 4.18. The number of rotatable bonds is 4. The Balaban J connectivity index is 1.81. The van der Waals surface area contributed by atoms with E-state index in [1.165, 1.54) is 18.3 Å². The molecule has 1 fully saturated rings. The Morgan fingerprint density at radius 2 is 2.20 bits per heavy atom. The molecule has 20 heavy (non-hydrogen) atoms. The molecule has 1 aromatic heterocycles. The zero-order valence-electron chi connectivity index (χ0n) is 11.4. The van der Waals surface area contributed by atoms with Gasteiger partial charge < -0.3 is 10.2 Å². The lowest BCUT2D eigenvalue weighted by Gasteiger charge is -2.32. The van der Waals surface area contributed by atoms with E-state index in [2.05, 4.69) is 10.3 Å². The molecule has 2 amide bonds. The molecule has 0 saturated carbocycles. The van der Waals surface area contributed by atoms with Crippen molar-refractivity contribution in [1.82, 2.24) is 15.2 Å². The second kappa shape index (κ2) is 7.04. The first-order valence-electron chi connectivity index (χ1n) is 6.62. The van der Waals surface area contributed by atoms with Gasteiger partial charge in [0, 0.05) is 31.4 Å². The van der Waals surface area contributed by atoms with Gasteiger partial charge in [0.2, 0.25) is 11.8 Å². The Labute approximate surface area is 127 Å². The number of aromatic nitrogens is 1. The standard InChI is InChI=1S/C13H18ClN3O2S/c1-9(18)15-10-2-4-17(5-3-10)13(19)6-12-16-11(7-14)8-20-12/h8,10H,2-7H2,1H3,(H,15,18). The second-order valence-corrected chi connectivity index (χ2v) is 6.11. The quantitative estimate of drug-likeness (QED) is 0.858. The third-order valence-electron chi connectivity index (χ3n) is 3.29. The Kier molecular flexibility index (Phi) is 5.37. The molecule has 0 aliphatic carbocycles. The second-order valence-electron chi connectivity index (χ2n) is 4.90. The molecule has 0 radical (unpaired) electrons. The molecular weight excluding hydrogens is 298 g/mol. The summed E-state index contributed by atoms with van der Waals surface area (Å²) in [5.41, 5.74) is 0.823. The summed E-state index contributed by atoms with van der Waals surface area (Å²) in [6.45, 7) is 2.91. The van der Waals surface area contributed by atoms with Gasteiger partial charge in [-0.1, -0.05) is 0 Å². The zero-order chi connectivity index (χ0) is 14.5. The fraction of sp³-hybridized carbons (Fsp3) is 0.615. The molecule has 1 N–H and O–H groups in total. The van der Waals surface area contributed by atoms with Crippen molar-refractivity contribution in [3.05, 3.63) is 16.1 Å². The molecule has 0 atom stereocenters. The number of hydrogen-bond donors (Lipinski definition) is 1. The zero-order valence-corrected chi connectivity index (χ0v) is 13.0. The highest BCUT2D eigenvalue weighted by molar-refractivity contribution is 7.09. The van der Waals surface area contributed by atoms with Crippen molar-refractivity contribution in [3.8, 4) is 0 Å². The maximum absolute atomic E-state index is 12.2. The number of halogens is 1. The largest absolute Gasteiger partial charge is 0.353 e. The average molecular weight is 316 g/mol. The number of nitrogens with zero attached hydrogens (tertiary/aromatic N) is 2. The predicted octanol–water partition coefficient (Wildman–Crippen LogP) is 1.55. The van der Waals surface area contributed by atoms with Crippen LogP contribution in [0.4, 0.5) is 0 Å². The first-order valence-corrected chi connectivity index (χ1v) is 8.04. The van der Waals surface area contributed by atoms with Crippen molar-refractivity contribution in [1.29, 1.82) is 0 Å². The molecule has 0 unspecified atom stereocenters. The molecule has 1 aliphatic heterocycles. The Morgan fingerprint density at radius 1 is 1.50 bits per heavy atom. The average Bonchev–Trinajstić information content (AvgIpc) is 2.86. The number of alkyl halides is 1. The maximum atomic E-state index is 12.2. The number of piperidine rings is 1. The van der Waals surface area contributed by atoms with Gasteiger partial charge in [0.1, 0.15) is 5.01 Å². The Bertz CT molecular complexity index is 484. The van der Waals surface area contributed by atoms with E-state index in [4.69, 9.17) is 11.6 Å². The minimum atomic E-state index is -0.00818. The van der Waals surface area contributed by atoms with Gasteiger partial charge in [0.15, 0.2) is 0 Å². The van der Waals surface area contributed by atoms with Crippen LogP contribution in [0.2, 0.25) is 0 Å². The number of thiazole rings is 1. The van der Waals surface area contributed by atoms with Crippen LogP contribution in [0.1, 0.15) is 30.5 Å². The molecule has 0 aromatic carbocycles. The monoisotopic (exact) mass is 315 g/mol. The van der Waals surface area contributed by atoms with Gasteiger partial charge in [-0.3, -0.25) is 9.59 Å². The van der Waals surface area contributed by atoms with Crippen LogP contribution in [0.5, 0.6) is 0 Å². The van der Waals surface area contributed by atoms with Gasteiger partial charge in [-0.2, -0.15) is 0 Å². The summed E-state index contributed by atoms with van der Waals surface area (Å²) in [5.74, 6) is 0.472. The SMILES string of the molecule is CC(=O)NC1CCN(C(=O)Cc2nc(CCl)cs2)CC1. The van der Waals surface area contributed by atoms with Crippen LogP contribution in [-0.2, 0) is 21.9 Å². The Hall–Kier alpha value is -1.14. The molecule has 5 nitrogen and oxygen atoms in total. The number of likely N-dealkylation sites (tertiary alicyclic amines) is 1. The summed E-state index contributed by atoms with van der Waals surface area (Å²) < 4.78 is 0. The van der Waals surface area contributed by atoms with Crippen LogP contribution in [0.15, 0.2) is 5.38 Å².